The van der Waals surface area contributed by atoms with E-state index < -0.39 is 68.8 Å². The number of alkyl carbamates (subject to hydrolysis) is 1. The van der Waals surface area contributed by atoms with Gasteiger partial charge in [0, 0.05) is 20.1 Å². The quantitative estimate of drug-likeness (QED) is 0.121. The van der Waals surface area contributed by atoms with Crippen LogP contribution in [0.5, 0.6) is 0 Å². The molecule has 0 radical (unpaired) electrons. The van der Waals surface area contributed by atoms with Crippen molar-refractivity contribution in [3.8, 4) is 0 Å². The lowest BCUT2D eigenvalue weighted by Gasteiger charge is -2.42. The van der Waals surface area contributed by atoms with Crippen molar-refractivity contribution in [2.45, 2.75) is 103 Å². The Morgan fingerprint density at radius 2 is 1.81 bits per heavy atom. The van der Waals surface area contributed by atoms with Gasteiger partial charge >= 0.3 is 13.9 Å². The van der Waals surface area contributed by atoms with E-state index in [9.17, 15) is 34.4 Å². The highest BCUT2D eigenvalue weighted by Gasteiger charge is 2.45. The van der Waals surface area contributed by atoms with Crippen molar-refractivity contribution >= 4 is 19.8 Å². The van der Waals surface area contributed by atoms with E-state index in [1.807, 2.05) is 0 Å². The van der Waals surface area contributed by atoms with Crippen molar-refractivity contribution in [3.05, 3.63) is 0 Å². The lowest BCUT2D eigenvalue weighted by Crippen LogP contribution is -2.64. The lowest BCUT2D eigenvalue weighted by molar-refractivity contribution is -0.270. The Hall–Kier alpha value is -1.35. The molecule has 0 bridgehead atoms. The maximum atomic E-state index is 12.1. The molecule has 1 heterocycles. The minimum absolute atomic E-state index is 0.208. The maximum absolute atomic E-state index is 12.1. The number of phosphoric acid groups is 1. The van der Waals surface area contributed by atoms with Gasteiger partial charge in [0.1, 0.15) is 37.1 Å². The fourth-order valence-electron chi connectivity index (χ4n) is 3.41. The molecule has 2 amide bonds. The first-order valence-corrected chi connectivity index (χ1v) is 13.8. The van der Waals surface area contributed by atoms with Crippen LogP contribution in [0.15, 0.2) is 0 Å². The topological polar surface area (TPSA) is 202 Å². The minimum atomic E-state index is -4.31. The molecule has 1 aliphatic heterocycles. The Balaban J connectivity index is 2.30. The van der Waals surface area contributed by atoms with Crippen LogP contribution in [0.1, 0.15) is 60.3 Å². The van der Waals surface area contributed by atoms with Gasteiger partial charge in [-0.25, -0.2) is 9.36 Å². The van der Waals surface area contributed by atoms with Gasteiger partial charge in [-0.1, -0.05) is 6.92 Å². The molecule has 1 aliphatic rings. The standard InChI is InChI=1S/C22H43N2O12P/c1-6-15(35-37(30,31)36-22(3,4)5)13-33-21(29)23-10-8-7-9-11-32-20-17(24-14(2)26)19(28)18(27)16(12-25)34-20/h15-20,25,27-28H,6-13H2,1-5H3,(H,23,29)(H,24,26)(H,30,31)/t15-,16+,17+,18-,19+,20?/m0/s1. The molecule has 1 rings (SSSR count). The highest BCUT2D eigenvalue weighted by Crippen LogP contribution is 2.48. The summed E-state index contributed by atoms with van der Waals surface area (Å²) in [6.45, 7) is 7.60. The Morgan fingerprint density at radius 1 is 1.14 bits per heavy atom. The zero-order valence-corrected chi connectivity index (χ0v) is 23.0. The average Bonchev–Trinajstić information content (AvgIpc) is 2.78. The van der Waals surface area contributed by atoms with Gasteiger partial charge < -0.3 is 45.1 Å². The second-order valence-electron chi connectivity index (χ2n) is 9.70. The Morgan fingerprint density at radius 3 is 2.38 bits per heavy atom. The van der Waals surface area contributed by atoms with Crippen LogP contribution in [0.25, 0.3) is 0 Å². The van der Waals surface area contributed by atoms with E-state index in [-0.39, 0.29) is 13.2 Å². The van der Waals surface area contributed by atoms with Gasteiger partial charge in [-0.3, -0.25) is 13.8 Å². The SMILES string of the molecule is CC[C@@H](COC(=O)NCCCCCOC1O[C@H](CO)[C@H](O)[C@H](O)[C@H]1NC(C)=O)OP(=O)(O)OC(C)(C)C. The smallest absolute Gasteiger partial charge is 0.447 e. The molecular weight excluding hydrogens is 515 g/mol. The van der Waals surface area contributed by atoms with Crippen LogP contribution in [0.2, 0.25) is 0 Å². The first-order valence-electron chi connectivity index (χ1n) is 12.3. The highest BCUT2D eigenvalue weighted by atomic mass is 31.2. The van der Waals surface area contributed by atoms with Crippen molar-refractivity contribution in [3.63, 3.8) is 0 Å². The van der Waals surface area contributed by atoms with Gasteiger partial charge in [0.15, 0.2) is 6.29 Å². The normalized spacial score (nSPS) is 26.7. The van der Waals surface area contributed by atoms with Crippen molar-refractivity contribution < 1.29 is 57.6 Å². The number of hydrogen-bond donors (Lipinski definition) is 6. The summed E-state index contributed by atoms with van der Waals surface area (Å²) in [6.07, 6.45) is -4.21. The second kappa shape index (κ2) is 15.9. The molecule has 2 unspecified atom stereocenters. The van der Waals surface area contributed by atoms with Crippen LogP contribution < -0.4 is 10.6 Å². The molecule has 7 atom stereocenters. The van der Waals surface area contributed by atoms with E-state index in [0.29, 0.717) is 32.2 Å². The molecule has 15 heteroatoms. The van der Waals surface area contributed by atoms with E-state index in [1.165, 1.54) is 6.92 Å². The molecule has 0 aromatic carbocycles. The molecule has 37 heavy (non-hydrogen) atoms. The predicted molar refractivity (Wildman–Crippen MR) is 130 cm³/mol. The summed E-state index contributed by atoms with van der Waals surface area (Å²) in [7, 11) is -4.31. The van der Waals surface area contributed by atoms with Gasteiger partial charge in [0.05, 0.1) is 12.2 Å². The maximum Gasteiger partial charge on any atom is 0.473 e. The number of phosphoric ester groups is 1. The number of amides is 2. The molecule has 0 saturated carbocycles. The first kappa shape index (κ1) is 33.7. The summed E-state index contributed by atoms with van der Waals surface area (Å²) in [5, 5.41) is 34.6. The fraction of sp³-hybridized carbons (Fsp3) is 0.909. The molecule has 14 nitrogen and oxygen atoms in total. The lowest BCUT2D eigenvalue weighted by atomic mass is 9.97. The molecule has 0 aliphatic carbocycles. The Bertz CT molecular complexity index is 750. The van der Waals surface area contributed by atoms with Gasteiger partial charge in [0.2, 0.25) is 5.91 Å². The van der Waals surface area contributed by atoms with E-state index in [2.05, 4.69) is 10.6 Å². The first-order chi connectivity index (χ1) is 17.2. The number of ether oxygens (including phenoxy) is 3. The molecule has 0 spiro atoms. The fourth-order valence-corrected chi connectivity index (χ4v) is 4.73. The number of nitrogens with one attached hydrogen (secondary N) is 2. The molecule has 0 aromatic rings. The van der Waals surface area contributed by atoms with E-state index >= 15 is 0 Å². The monoisotopic (exact) mass is 558 g/mol. The zero-order valence-electron chi connectivity index (χ0n) is 22.1. The number of carbonyl (C=O) groups is 2. The summed E-state index contributed by atoms with van der Waals surface area (Å²) < 4.78 is 38.3. The van der Waals surface area contributed by atoms with Crippen LogP contribution >= 0.6 is 7.82 Å². The largest absolute Gasteiger partial charge is 0.473 e. The summed E-state index contributed by atoms with van der Waals surface area (Å²) in [6, 6.07) is -0.998. The molecule has 1 saturated heterocycles. The zero-order chi connectivity index (χ0) is 28.2. The van der Waals surface area contributed by atoms with Crippen LogP contribution in [-0.2, 0) is 32.6 Å². The summed E-state index contributed by atoms with van der Waals surface area (Å²) in [4.78, 5) is 33.2. The van der Waals surface area contributed by atoms with Gasteiger partial charge in [0.25, 0.3) is 0 Å². The van der Waals surface area contributed by atoms with Gasteiger partial charge in [-0.15, -0.1) is 0 Å². The Kier molecular flexibility index (Phi) is 14.5. The van der Waals surface area contributed by atoms with Crippen LogP contribution in [-0.4, -0.2) is 101 Å². The molecule has 1 fully saturated rings. The highest BCUT2D eigenvalue weighted by molar-refractivity contribution is 7.47. The van der Waals surface area contributed by atoms with Crippen LogP contribution in [0.3, 0.4) is 0 Å². The summed E-state index contributed by atoms with van der Waals surface area (Å²) in [5.41, 5.74) is -0.881. The third-order valence-corrected chi connectivity index (χ3v) is 6.49. The molecule has 6 N–H and O–H groups in total. The van der Waals surface area contributed by atoms with Crippen molar-refractivity contribution in [1.29, 1.82) is 0 Å². The number of unbranched alkanes of at least 4 members (excludes halogenated alkanes) is 2. The van der Waals surface area contributed by atoms with Crippen molar-refractivity contribution in [1.82, 2.24) is 10.6 Å². The van der Waals surface area contributed by atoms with Crippen LogP contribution in [0, 0.1) is 0 Å². The van der Waals surface area contributed by atoms with Crippen molar-refractivity contribution in [2.24, 2.45) is 0 Å². The number of aliphatic hydroxyl groups is 3. The van der Waals surface area contributed by atoms with E-state index in [0.717, 1.165) is 0 Å². The number of carbonyl (C=O) groups excluding carboxylic acids is 2. The predicted octanol–water partition coefficient (Wildman–Crippen LogP) is 0.554. The summed E-state index contributed by atoms with van der Waals surface area (Å²) in [5.74, 6) is -0.436. The van der Waals surface area contributed by atoms with E-state index in [1.54, 1.807) is 27.7 Å². The minimum Gasteiger partial charge on any atom is -0.447 e. The number of aliphatic hydroxyl groups excluding tert-OH is 3. The number of hydrogen-bond acceptors (Lipinski definition) is 11. The Labute approximate surface area is 217 Å². The van der Waals surface area contributed by atoms with Crippen molar-refractivity contribution in [2.75, 3.05) is 26.4 Å². The third kappa shape index (κ3) is 13.3. The van der Waals surface area contributed by atoms with E-state index in [4.69, 9.17) is 23.3 Å². The van der Waals surface area contributed by atoms with Gasteiger partial charge in [-0.2, -0.15) is 0 Å². The molecular formula is C22H43N2O12P. The van der Waals surface area contributed by atoms with Gasteiger partial charge in [-0.05, 0) is 46.5 Å². The average molecular weight is 559 g/mol. The third-order valence-electron chi connectivity index (χ3n) is 5.15. The number of rotatable bonds is 15. The molecule has 0 aromatic heterocycles. The molecule has 218 valence electrons. The second-order valence-corrected chi connectivity index (χ2v) is 11.0. The van der Waals surface area contributed by atoms with Crippen LogP contribution in [0.4, 0.5) is 4.79 Å². The summed E-state index contributed by atoms with van der Waals surface area (Å²) >= 11 is 0.